The van der Waals surface area contributed by atoms with Crippen molar-refractivity contribution < 1.29 is 0 Å². The molecular weight excluding hydrogens is 230 g/mol. The van der Waals surface area contributed by atoms with E-state index < -0.39 is 0 Å². The average Bonchev–Trinajstić information content (AvgIpc) is 2.58. The Morgan fingerprint density at radius 3 is 2.11 bits per heavy atom. The largest absolute Gasteiger partial charge is 0.330 e. The minimum absolute atomic E-state index is 0.739. The number of nitrogens with two attached hydrogens (primary N) is 1. The summed E-state index contributed by atoms with van der Waals surface area (Å²) in [6.07, 6.45) is 8.12. The maximum atomic E-state index is 6.02. The van der Waals surface area contributed by atoms with E-state index in [1.807, 2.05) is 0 Å². The second-order valence-electron chi connectivity index (χ2n) is 6.48. The fraction of sp³-hybridized carbons (Fsp3) is 0.667. The monoisotopic (exact) mass is 259 g/mol. The van der Waals surface area contributed by atoms with Crippen LogP contribution >= 0.6 is 0 Å². The van der Waals surface area contributed by atoms with Gasteiger partial charge in [-0.2, -0.15) is 0 Å². The Morgan fingerprint density at radius 2 is 1.53 bits per heavy atom. The summed E-state index contributed by atoms with van der Waals surface area (Å²) in [5.41, 5.74) is 11.9. The Hall–Kier alpha value is -0.820. The summed E-state index contributed by atoms with van der Waals surface area (Å²) >= 11 is 0. The second kappa shape index (κ2) is 6.56. The average molecular weight is 259 g/mol. The molecule has 1 aromatic rings. The summed E-state index contributed by atoms with van der Waals surface area (Å²) < 4.78 is 0. The van der Waals surface area contributed by atoms with E-state index in [0.29, 0.717) is 0 Å². The van der Waals surface area contributed by atoms with E-state index in [2.05, 4.69) is 32.9 Å². The van der Waals surface area contributed by atoms with Crippen LogP contribution in [-0.2, 0) is 6.42 Å². The van der Waals surface area contributed by atoms with Gasteiger partial charge in [-0.3, -0.25) is 0 Å². The highest BCUT2D eigenvalue weighted by molar-refractivity contribution is 5.37. The lowest BCUT2D eigenvalue weighted by Gasteiger charge is -2.25. The molecule has 0 aliphatic heterocycles. The lowest BCUT2D eigenvalue weighted by atomic mass is 9.81. The minimum Gasteiger partial charge on any atom is -0.330 e. The van der Waals surface area contributed by atoms with Gasteiger partial charge in [0.1, 0.15) is 0 Å². The Morgan fingerprint density at radius 1 is 0.947 bits per heavy atom. The van der Waals surface area contributed by atoms with Crippen LogP contribution in [0.3, 0.4) is 0 Å². The smallest absolute Gasteiger partial charge is 0.00461 e. The zero-order valence-corrected chi connectivity index (χ0v) is 12.8. The quantitative estimate of drug-likeness (QED) is 0.804. The maximum absolute atomic E-state index is 6.02. The molecule has 2 rings (SSSR count). The van der Waals surface area contributed by atoms with Gasteiger partial charge in [-0.15, -0.1) is 0 Å². The van der Waals surface area contributed by atoms with E-state index in [9.17, 15) is 0 Å². The van der Waals surface area contributed by atoms with Gasteiger partial charge in [0.2, 0.25) is 0 Å². The van der Waals surface area contributed by atoms with E-state index in [-0.39, 0.29) is 0 Å². The van der Waals surface area contributed by atoms with E-state index in [4.69, 9.17) is 5.73 Å². The Bertz CT molecular complexity index is 399. The van der Waals surface area contributed by atoms with Crippen molar-refractivity contribution in [3.8, 4) is 0 Å². The van der Waals surface area contributed by atoms with Crippen LogP contribution in [0.1, 0.15) is 54.4 Å². The molecule has 0 heterocycles. The van der Waals surface area contributed by atoms with Crippen LogP contribution in [0, 0.1) is 32.6 Å². The predicted molar refractivity (Wildman–Crippen MR) is 83.5 cm³/mol. The summed E-state index contributed by atoms with van der Waals surface area (Å²) in [5.74, 6) is 1.54. The molecule has 1 fully saturated rings. The van der Waals surface area contributed by atoms with Crippen LogP contribution < -0.4 is 5.73 Å². The van der Waals surface area contributed by atoms with Crippen LogP contribution in [0.5, 0.6) is 0 Å². The Labute approximate surface area is 118 Å². The fourth-order valence-electron chi connectivity index (χ4n) is 3.83. The highest BCUT2D eigenvalue weighted by Gasteiger charge is 2.23. The third-order valence-corrected chi connectivity index (χ3v) is 4.93. The molecule has 1 heteroatoms. The van der Waals surface area contributed by atoms with Gasteiger partial charge in [-0.05, 0) is 75.1 Å². The molecule has 0 saturated heterocycles. The van der Waals surface area contributed by atoms with Crippen LogP contribution in [0.4, 0.5) is 0 Å². The number of rotatable bonds is 3. The fourth-order valence-corrected chi connectivity index (χ4v) is 3.83. The van der Waals surface area contributed by atoms with Gasteiger partial charge in [-0.1, -0.05) is 37.0 Å². The number of hydrogen-bond donors (Lipinski definition) is 1. The number of benzene rings is 1. The first-order valence-electron chi connectivity index (χ1n) is 7.88. The molecule has 2 unspecified atom stereocenters. The van der Waals surface area contributed by atoms with Crippen molar-refractivity contribution in [2.24, 2.45) is 17.6 Å². The highest BCUT2D eigenvalue weighted by atomic mass is 14.6. The lowest BCUT2D eigenvalue weighted by molar-refractivity contribution is 0.317. The molecule has 106 valence electrons. The van der Waals surface area contributed by atoms with Crippen LogP contribution in [0.2, 0.25) is 0 Å². The van der Waals surface area contributed by atoms with Crippen molar-refractivity contribution in [2.45, 2.75) is 59.3 Å². The van der Waals surface area contributed by atoms with Crippen molar-refractivity contribution in [2.75, 3.05) is 6.54 Å². The Kier molecular flexibility index (Phi) is 5.04. The molecule has 1 nitrogen and oxygen atoms in total. The van der Waals surface area contributed by atoms with E-state index in [0.717, 1.165) is 18.4 Å². The molecule has 1 saturated carbocycles. The summed E-state index contributed by atoms with van der Waals surface area (Å²) in [5, 5.41) is 0. The van der Waals surface area contributed by atoms with Gasteiger partial charge in [0.05, 0.1) is 0 Å². The minimum atomic E-state index is 0.739. The molecule has 1 aliphatic carbocycles. The van der Waals surface area contributed by atoms with Gasteiger partial charge >= 0.3 is 0 Å². The molecule has 1 aromatic carbocycles. The van der Waals surface area contributed by atoms with Crippen molar-refractivity contribution >= 4 is 0 Å². The van der Waals surface area contributed by atoms with Gasteiger partial charge < -0.3 is 5.73 Å². The van der Waals surface area contributed by atoms with E-state index in [1.54, 1.807) is 5.56 Å². The SMILES string of the molecule is Cc1cc(C)c(CC2CCCCCC2CN)c(C)c1. The molecule has 2 atom stereocenters. The van der Waals surface area contributed by atoms with Crippen molar-refractivity contribution in [1.82, 2.24) is 0 Å². The summed E-state index contributed by atoms with van der Waals surface area (Å²) in [6.45, 7) is 7.60. The topological polar surface area (TPSA) is 26.0 Å². The third-order valence-electron chi connectivity index (χ3n) is 4.93. The van der Waals surface area contributed by atoms with E-state index in [1.165, 1.54) is 55.2 Å². The van der Waals surface area contributed by atoms with Crippen LogP contribution in [0.15, 0.2) is 12.1 Å². The number of aryl methyl sites for hydroxylation is 3. The second-order valence-corrected chi connectivity index (χ2v) is 6.48. The standard InChI is InChI=1S/C18H29N/c1-13-9-14(2)18(15(3)10-13)11-16-7-5-4-6-8-17(16)12-19/h9-10,16-17H,4-8,11-12,19H2,1-3H3. The highest BCUT2D eigenvalue weighted by Crippen LogP contribution is 2.32. The molecule has 19 heavy (non-hydrogen) atoms. The van der Waals surface area contributed by atoms with Gasteiger partial charge in [0.25, 0.3) is 0 Å². The summed E-state index contributed by atoms with van der Waals surface area (Å²) in [4.78, 5) is 0. The van der Waals surface area contributed by atoms with E-state index >= 15 is 0 Å². The van der Waals surface area contributed by atoms with Crippen molar-refractivity contribution in [3.05, 3.63) is 34.4 Å². The van der Waals surface area contributed by atoms with Crippen molar-refractivity contribution in [3.63, 3.8) is 0 Å². The Balaban J connectivity index is 2.19. The molecule has 0 bridgehead atoms. The molecule has 2 N–H and O–H groups in total. The zero-order chi connectivity index (χ0) is 13.8. The van der Waals surface area contributed by atoms with Gasteiger partial charge in [0, 0.05) is 0 Å². The predicted octanol–water partition coefficient (Wildman–Crippen LogP) is 4.31. The molecule has 1 aliphatic rings. The van der Waals surface area contributed by atoms with Crippen LogP contribution in [0.25, 0.3) is 0 Å². The normalized spacial score (nSPS) is 24.2. The van der Waals surface area contributed by atoms with Crippen molar-refractivity contribution in [1.29, 1.82) is 0 Å². The first kappa shape index (κ1) is 14.6. The van der Waals surface area contributed by atoms with Gasteiger partial charge in [0.15, 0.2) is 0 Å². The third kappa shape index (κ3) is 3.60. The molecule has 0 aromatic heterocycles. The first-order valence-corrected chi connectivity index (χ1v) is 7.88. The number of hydrogen-bond acceptors (Lipinski definition) is 1. The molecular formula is C18H29N. The lowest BCUT2D eigenvalue weighted by Crippen LogP contribution is -2.24. The molecule has 0 radical (unpaired) electrons. The first-order chi connectivity index (χ1) is 9.11. The summed E-state index contributed by atoms with van der Waals surface area (Å²) in [7, 11) is 0. The van der Waals surface area contributed by atoms with Gasteiger partial charge in [-0.25, -0.2) is 0 Å². The zero-order valence-electron chi connectivity index (χ0n) is 12.8. The molecule has 0 spiro atoms. The summed E-state index contributed by atoms with van der Waals surface area (Å²) in [6, 6.07) is 4.66. The maximum Gasteiger partial charge on any atom is -0.00461 e. The van der Waals surface area contributed by atoms with Crippen LogP contribution in [-0.4, -0.2) is 6.54 Å². The molecule has 0 amide bonds.